The minimum Gasteiger partial charge on any atom is -0.325 e. The number of benzene rings is 1. The average Bonchev–Trinajstić information content (AvgIpc) is 2.89. The number of nitrogens with zero attached hydrogens (tertiary/aromatic N) is 1. The molecule has 1 aliphatic rings. The molecule has 1 fully saturated rings. The van der Waals surface area contributed by atoms with Crippen LogP contribution < -0.4 is 5.32 Å². The van der Waals surface area contributed by atoms with E-state index in [0.717, 1.165) is 9.26 Å². The van der Waals surface area contributed by atoms with E-state index in [1.165, 1.54) is 25.7 Å². The van der Waals surface area contributed by atoms with Gasteiger partial charge in [-0.3, -0.25) is 9.69 Å². The Morgan fingerprint density at radius 3 is 2.70 bits per heavy atom. The third-order valence-electron chi connectivity index (χ3n) is 3.89. The van der Waals surface area contributed by atoms with Gasteiger partial charge in [-0.05, 0) is 67.5 Å². The topological polar surface area (TPSA) is 32.3 Å². The van der Waals surface area contributed by atoms with Crippen molar-refractivity contribution in [3.8, 4) is 0 Å². The first-order valence-electron chi connectivity index (χ1n) is 7.37. The van der Waals surface area contributed by atoms with Crippen molar-refractivity contribution in [2.75, 3.05) is 11.9 Å². The van der Waals surface area contributed by atoms with Crippen LogP contribution in [-0.2, 0) is 4.79 Å². The van der Waals surface area contributed by atoms with Crippen LogP contribution in [0.25, 0.3) is 0 Å². The van der Waals surface area contributed by atoms with Crippen molar-refractivity contribution in [2.45, 2.75) is 51.6 Å². The zero-order valence-corrected chi connectivity index (χ0v) is 14.4. The van der Waals surface area contributed by atoms with E-state index in [2.05, 4.69) is 46.7 Å². The van der Waals surface area contributed by atoms with E-state index in [1.54, 1.807) is 0 Å². The van der Waals surface area contributed by atoms with Gasteiger partial charge >= 0.3 is 0 Å². The molecule has 0 aromatic heterocycles. The van der Waals surface area contributed by atoms with Gasteiger partial charge in [0.2, 0.25) is 5.91 Å². The Labute approximate surface area is 135 Å². The summed E-state index contributed by atoms with van der Waals surface area (Å²) >= 11 is 2.26. The van der Waals surface area contributed by atoms with Gasteiger partial charge in [-0.2, -0.15) is 0 Å². The van der Waals surface area contributed by atoms with Crippen LogP contribution in [0.3, 0.4) is 0 Å². The maximum atomic E-state index is 12.2. The molecule has 0 heterocycles. The lowest BCUT2D eigenvalue weighted by Gasteiger charge is -2.31. The predicted molar refractivity (Wildman–Crippen MR) is 91.9 cm³/mol. The molecule has 1 N–H and O–H groups in total. The van der Waals surface area contributed by atoms with Gasteiger partial charge in [0.25, 0.3) is 0 Å². The highest BCUT2D eigenvalue weighted by Gasteiger charge is 2.26. The van der Waals surface area contributed by atoms with Gasteiger partial charge in [0.15, 0.2) is 0 Å². The smallest absolute Gasteiger partial charge is 0.238 e. The highest BCUT2D eigenvalue weighted by molar-refractivity contribution is 14.1. The molecule has 3 nitrogen and oxygen atoms in total. The number of nitrogens with one attached hydrogen (secondary N) is 1. The molecule has 1 aliphatic carbocycles. The molecule has 0 radical (unpaired) electrons. The van der Waals surface area contributed by atoms with Crippen LogP contribution in [0.15, 0.2) is 24.3 Å². The Hall–Kier alpha value is -0.620. The van der Waals surface area contributed by atoms with Crippen LogP contribution in [0.4, 0.5) is 5.69 Å². The summed E-state index contributed by atoms with van der Waals surface area (Å²) in [5.74, 6) is 0.0904. The number of hydrogen-bond donors (Lipinski definition) is 1. The van der Waals surface area contributed by atoms with E-state index in [1.807, 2.05) is 24.3 Å². The van der Waals surface area contributed by atoms with Gasteiger partial charge in [-0.15, -0.1) is 0 Å². The van der Waals surface area contributed by atoms with Crippen molar-refractivity contribution in [3.05, 3.63) is 27.8 Å². The summed E-state index contributed by atoms with van der Waals surface area (Å²) in [6.07, 6.45) is 5.06. The van der Waals surface area contributed by atoms with Gasteiger partial charge in [-0.25, -0.2) is 0 Å². The van der Waals surface area contributed by atoms with E-state index in [4.69, 9.17) is 0 Å². The van der Waals surface area contributed by atoms with Crippen molar-refractivity contribution >= 4 is 34.2 Å². The standard InChI is InChI=1S/C16H23IN2O/c1-12(2)19(15-8-3-4-9-15)11-16(20)18-14-7-5-6-13(17)10-14/h5-7,10,12,15H,3-4,8-9,11H2,1-2H3,(H,18,20). The largest absolute Gasteiger partial charge is 0.325 e. The van der Waals surface area contributed by atoms with Gasteiger partial charge in [0.1, 0.15) is 0 Å². The van der Waals surface area contributed by atoms with Crippen LogP contribution in [-0.4, -0.2) is 29.4 Å². The first-order chi connectivity index (χ1) is 9.56. The highest BCUT2D eigenvalue weighted by atomic mass is 127. The molecule has 20 heavy (non-hydrogen) atoms. The van der Waals surface area contributed by atoms with Crippen LogP contribution >= 0.6 is 22.6 Å². The van der Waals surface area contributed by atoms with E-state index < -0.39 is 0 Å². The summed E-state index contributed by atoms with van der Waals surface area (Å²) in [6, 6.07) is 8.92. The minimum absolute atomic E-state index is 0.0904. The van der Waals surface area contributed by atoms with Crippen molar-refractivity contribution in [3.63, 3.8) is 0 Å². The molecular formula is C16H23IN2O. The lowest BCUT2D eigenvalue weighted by atomic mass is 10.1. The second-order valence-electron chi connectivity index (χ2n) is 5.76. The van der Waals surface area contributed by atoms with E-state index in [0.29, 0.717) is 18.6 Å². The summed E-state index contributed by atoms with van der Waals surface area (Å²) in [5, 5.41) is 3.01. The third kappa shape index (κ3) is 4.45. The fraction of sp³-hybridized carbons (Fsp3) is 0.562. The second-order valence-corrected chi connectivity index (χ2v) is 7.01. The fourth-order valence-electron chi connectivity index (χ4n) is 2.90. The van der Waals surface area contributed by atoms with E-state index >= 15 is 0 Å². The molecular weight excluding hydrogens is 363 g/mol. The zero-order valence-electron chi connectivity index (χ0n) is 12.2. The monoisotopic (exact) mass is 386 g/mol. The molecule has 110 valence electrons. The first-order valence-corrected chi connectivity index (χ1v) is 8.45. The summed E-state index contributed by atoms with van der Waals surface area (Å²) in [5.41, 5.74) is 0.886. The quantitative estimate of drug-likeness (QED) is 0.779. The molecule has 0 bridgehead atoms. The Morgan fingerprint density at radius 1 is 1.40 bits per heavy atom. The number of halogens is 1. The second kappa shape index (κ2) is 7.41. The lowest BCUT2D eigenvalue weighted by Crippen LogP contribution is -2.43. The van der Waals surface area contributed by atoms with E-state index in [9.17, 15) is 4.79 Å². The lowest BCUT2D eigenvalue weighted by molar-refractivity contribution is -0.118. The molecule has 1 aromatic carbocycles. The predicted octanol–water partition coefficient (Wildman–Crippen LogP) is 3.88. The van der Waals surface area contributed by atoms with Crippen LogP contribution in [0.1, 0.15) is 39.5 Å². The molecule has 0 atom stereocenters. The van der Waals surface area contributed by atoms with Crippen LogP contribution in [0.2, 0.25) is 0 Å². The van der Waals surface area contributed by atoms with Gasteiger partial charge in [0, 0.05) is 21.3 Å². The Bertz CT molecular complexity index is 456. The number of amides is 1. The summed E-state index contributed by atoms with van der Waals surface area (Å²) < 4.78 is 1.14. The molecule has 4 heteroatoms. The summed E-state index contributed by atoms with van der Waals surface area (Å²) in [4.78, 5) is 14.6. The zero-order chi connectivity index (χ0) is 14.5. The minimum atomic E-state index is 0.0904. The average molecular weight is 386 g/mol. The van der Waals surface area contributed by atoms with Crippen molar-refractivity contribution in [2.24, 2.45) is 0 Å². The molecule has 0 unspecified atom stereocenters. The number of anilines is 1. The van der Waals surface area contributed by atoms with E-state index in [-0.39, 0.29) is 5.91 Å². The number of rotatable bonds is 5. The van der Waals surface area contributed by atoms with Crippen molar-refractivity contribution < 1.29 is 4.79 Å². The number of carbonyl (C=O) groups excluding carboxylic acids is 1. The fourth-order valence-corrected chi connectivity index (χ4v) is 3.44. The maximum absolute atomic E-state index is 12.2. The molecule has 2 rings (SSSR count). The Kier molecular flexibility index (Phi) is 5.84. The molecule has 0 spiro atoms. The third-order valence-corrected chi connectivity index (χ3v) is 4.56. The molecule has 1 amide bonds. The molecule has 1 saturated carbocycles. The van der Waals surface area contributed by atoms with Crippen molar-refractivity contribution in [1.82, 2.24) is 4.90 Å². The van der Waals surface area contributed by atoms with Crippen LogP contribution in [0, 0.1) is 3.57 Å². The van der Waals surface area contributed by atoms with Gasteiger partial charge in [-0.1, -0.05) is 18.9 Å². The van der Waals surface area contributed by atoms with Gasteiger partial charge in [0.05, 0.1) is 6.54 Å². The first kappa shape index (κ1) is 15.8. The molecule has 1 aromatic rings. The normalized spacial score (nSPS) is 16.1. The maximum Gasteiger partial charge on any atom is 0.238 e. The number of carbonyl (C=O) groups is 1. The molecule has 0 saturated heterocycles. The van der Waals surface area contributed by atoms with Gasteiger partial charge < -0.3 is 5.32 Å². The molecule has 0 aliphatic heterocycles. The Balaban J connectivity index is 1.94. The number of hydrogen-bond acceptors (Lipinski definition) is 2. The summed E-state index contributed by atoms with van der Waals surface area (Å²) in [7, 11) is 0. The van der Waals surface area contributed by atoms with Crippen LogP contribution in [0.5, 0.6) is 0 Å². The highest BCUT2D eigenvalue weighted by Crippen LogP contribution is 2.25. The van der Waals surface area contributed by atoms with Crippen molar-refractivity contribution in [1.29, 1.82) is 0 Å². The Morgan fingerprint density at radius 2 is 2.10 bits per heavy atom. The summed E-state index contributed by atoms with van der Waals surface area (Å²) in [6.45, 7) is 4.85. The SMILES string of the molecule is CC(C)N(CC(=O)Nc1cccc(I)c1)C1CCCC1.